The number of likely N-dealkylation sites (tertiary alicyclic amines) is 1. The lowest BCUT2D eigenvalue weighted by Crippen LogP contribution is -2.36. The molecule has 1 amide bonds. The molecule has 5 nitrogen and oxygen atoms in total. The molecule has 2 rings (SSSR count). The molecule has 20 heavy (non-hydrogen) atoms. The standard InChI is InChI=1S/C15H25NO4/c1-15(2,3)20-14(19)16-8-11(10-6-4-5-7-10)12(9-16)13(17)18/h10-12H,4-9H2,1-3H3,(H,17,18)/t11-,12+/m1/s1. The molecule has 2 atom stereocenters. The summed E-state index contributed by atoms with van der Waals surface area (Å²) in [5.74, 6) is -0.690. The van der Waals surface area contributed by atoms with E-state index in [9.17, 15) is 14.7 Å². The summed E-state index contributed by atoms with van der Waals surface area (Å²) >= 11 is 0. The highest BCUT2D eigenvalue weighted by Gasteiger charge is 2.44. The molecular formula is C15H25NO4. The monoisotopic (exact) mass is 283 g/mol. The van der Waals surface area contributed by atoms with Crippen molar-refractivity contribution in [2.45, 2.75) is 52.1 Å². The number of carbonyl (C=O) groups excluding carboxylic acids is 1. The van der Waals surface area contributed by atoms with Crippen LogP contribution in [0.5, 0.6) is 0 Å². The fraction of sp³-hybridized carbons (Fsp3) is 0.867. The molecule has 0 unspecified atom stereocenters. The third-order valence-corrected chi connectivity index (χ3v) is 4.34. The van der Waals surface area contributed by atoms with E-state index in [-0.39, 0.29) is 18.6 Å². The van der Waals surface area contributed by atoms with Crippen LogP contribution in [0.4, 0.5) is 4.79 Å². The quantitative estimate of drug-likeness (QED) is 0.846. The van der Waals surface area contributed by atoms with Crippen molar-refractivity contribution < 1.29 is 19.4 Å². The Morgan fingerprint density at radius 1 is 1.15 bits per heavy atom. The normalized spacial score (nSPS) is 27.9. The van der Waals surface area contributed by atoms with Crippen LogP contribution in [0, 0.1) is 17.8 Å². The van der Waals surface area contributed by atoms with Gasteiger partial charge in [0.1, 0.15) is 5.60 Å². The second kappa shape index (κ2) is 5.62. The van der Waals surface area contributed by atoms with E-state index in [4.69, 9.17) is 4.74 Å². The SMILES string of the molecule is CC(C)(C)OC(=O)N1C[C@H](C(=O)O)[C@@H](C2CCCC2)C1. The summed E-state index contributed by atoms with van der Waals surface area (Å²) in [6.07, 6.45) is 4.16. The Hall–Kier alpha value is -1.26. The first-order valence-corrected chi connectivity index (χ1v) is 7.48. The molecule has 2 fully saturated rings. The first-order chi connectivity index (χ1) is 9.28. The van der Waals surface area contributed by atoms with Crippen LogP contribution in [-0.4, -0.2) is 40.8 Å². The number of ether oxygens (including phenoxy) is 1. The molecule has 1 N–H and O–H groups in total. The van der Waals surface area contributed by atoms with Crippen molar-refractivity contribution in [2.75, 3.05) is 13.1 Å². The van der Waals surface area contributed by atoms with E-state index < -0.39 is 17.5 Å². The Bertz CT molecular complexity index is 382. The van der Waals surface area contributed by atoms with Crippen molar-refractivity contribution in [3.05, 3.63) is 0 Å². The fourth-order valence-corrected chi connectivity index (χ4v) is 3.43. The molecule has 1 heterocycles. The van der Waals surface area contributed by atoms with Crippen molar-refractivity contribution in [1.82, 2.24) is 4.90 Å². The minimum atomic E-state index is -0.784. The Balaban J connectivity index is 2.03. The summed E-state index contributed by atoms with van der Waals surface area (Å²) in [6.45, 7) is 6.28. The van der Waals surface area contributed by atoms with E-state index in [1.165, 1.54) is 12.8 Å². The number of rotatable bonds is 2. The van der Waals surface area contributed by atoms with E-state index in [1.807, 2.05) is 20.8 Å². The Morgan fingerprint density at radius 2 is 1.75 bits per heavy atom. The van der Waals surface area contributed by atoms with E-state index in [2.05, 4.69) is 0 Å². The first kappa shape index (κ1) is 15.1. The zero-order chi connectivity index (χ0) is 14.9. The average molecular weight is 283 g/mol. The molecule has 0 radical (unpaired) electrons. The molecule has 5 heteroatoms. The second-order valence-electron chi connectivity index (χ2n) is 7.04. The summed E-state index contributed by atoms with van der Waals surface area (Å²) < 4.78 is 5.35. The number of hydrogen-bond acceptors (Lipinski definition) is 3. The molecular weight excluding hydrogens is 258 g/mol. The lowest BCUT2D eigenvalue weighted by molar-refractivity contribution is -0.143. The maximum Gasteiger partial charge on any atom is 0.410 e. The van der Waals surface area contributed by atoms with Crippen molar-refractivity contribution in [3.8, 4) is 0 Å². The maximum absolute atomic E-state index is 12.1. The van der Waals surface area contributed by atoms with Crippen LogP contribution in [0.2, 0.25) is 0 Å². The van der Waals surface area contributed by atoms with E-state index >= 15 is 0 Å². The molecule has 2 aliphatic rings. The van der Waals surface area contributed by atoms with Crippen molar-refractivity contribution in [3.63, 3.8) is 0 Å². The minimum Gasteiger partial charge on any atom is -0.481 e. The van der Waals surface area contributed by atoms with Gasteiger partial charge in [-0.25, -0.2) is 4.79 Å². The van der Waals surface area contributed by atoms with Gasteiger partial charge in [0, 0.05) is 13.1 Å². The molecule has 1 aliphatic heterocycles. The number of aliphatic carboxylic acids is 1. The largest absolute Gasteiger partial charge is 0.481 e. The zero-order valence-electron chi connectivity index (χ0n) is 12.6. The Morgan fingerprint density at radius 3 is 2.25 bits per heavy atom. The van der Waals surface area contributed by atoms with Crippen LogP contribution in [0.1, 0.15) is 46.5 Å². The van der Waals surface area contributed by atoms with E-state index in [1.54, 1.807) is 4.90 Å². The predicted octanol–water partition coefficient (Wildman–Crippen LogP) is 2.74. The number of carbonyl (C=O) groups is 2. The summed E-state index contributed by atoms with van der Waals surface area (Å²) in [6, 6.07) is 0. The molecule has 0 aromatic rings. The van der Waals surface area contributed by atoms with Crippen molar-refractivity contribution in [2.24, 2.45) is 17.8 Å². The van der Waals surface area contributed by atoms with Gasteiger partial charge >= 0.3 is 12.1 Å². The van der Waals surface area contributed by atoms with Gasteiger partial charge in [0.25, 0.3) is 0 Å². The third-order valence-electron chi connectivity index (χ3n) is 4.34. The van der Waals surface area contributed by atoms with Gasteiger partial charge in [0.05, 0.1) is 5.92 Å². The van der Waals surface area contributed by atoms with Gasteiger partial charge in [-0.2, -0.15) is 0 Å². The maximum atomic E-state index is 12.1. The van der Waals surface area contributed by atoms with Gasteiger partial charge in [-0.05, 0) is 32.6 Å². The molecule has 0 spiro atoms. The van der Waals surface area contributed by atoms with Gasteiger partial charge in [-0.15, -0.1) is 0 Å². The average Bonchev–Trinajstić information content (AvgIpc) is 2.95. The highest BCUT2D eigenvalue weighted by Crippen LogP contribution is 2.39. The van der Waals surface area contributed by atoms with E-state index in [0.717, 1.165) is 12.8 Å². The van der Waals surface area contributed by atoms with Gasteiger partial charge in [-0.1, -0.05) is 25.7 Å². The van der Waals surface area contributed by atoms with Crippen LogP contribution in [0.3, 0.4) is 0 Å². The minimum absolute atomic E-state index is 0.0857. The molecule has 0 aromatic carbocycles. The Kier molecular flexibility index (Phi) is 4.25. The van der Waals surface area contributed by atoms with Crippen LogP contribution in [0.25, 0.3) is 0 Å². The summed E-state index contributed by atoms with van der Waals surface area (Å²) in [5.41, 5.74) is -0.540. The zero-order valence-corrected chi connectivity index (χ0v) is 12.6. The van der Waals surface area contributed by atoms with Gasteiger partial charge in [0.2, 0.25) is 0 Å². The molecule has 114 valence electrons. The fourth-order valence-electron chi connectivity index (χ4n) is 3.43. The third kappa shape index (κ3) is 3.44. The highest BCUT2D eigenvalue weighted by molar-refractivity contribution is 5.74. The van der Waals surface area contributed by atoms with Gasteiger partial charge in [0.15, 0.2) is 0 Å². The number of carboxylic acid groups (broad SMARTS) is 1. The number of hydrogen-bond donors (Lipinski definition) is 1. The van der Waals surface area contributed by atoms with Gasteiger partial charge in [-0.3, -0.25) is 4.79 Å². The molecule has 1 saturated heterocycles. The lowest BCUT2D eigenvalue weighted by Gasteiger charge is -2.25. The van der Waals surface area contributed by atoms with Crippen molar-refractivity contribution in [1.29, 1.82) is 0 Å². The number of carboxylic acids is 1. The predicted molar refractivity (Wildman–Crippen MR) is 74.4 cm³/mol. The van der Waals surface area contributed by atoms with Crippen LogP contribution >= 0.6 is 0 Å². The van der Waals surface area contributed by atoms with Gasteiger partial charge < -0.3 is 14.7 Å². The Labute approximate surface area is 120 Å². The summed E-state index contributed by atoms with van der Waals surface area (Å²) in [5, 5.41) is 9.40. The smallest absolute Gasteiger partial charge is 0.410 e. The van der Waals surface area contributed by atoms with Crippen LogP contribution < -0.4 is 0 Å². The van der Waals surface area contributed by atoms with Crippen molar-refractivity contribution >= 4 is 12.1 Å². The number of amides is 1. The summed E-state index contributed by atoms with van der Waals surface area (Å²) in [7, 11) is 0. The first-order valence-electron chi connectivity index (χ1n) is 7.48. The molecule has 1 saturated carbocycles. The van der Waals surface area contributed by atoms with Crippen LogP contribution in [-0.2, 0) is 9.53 Å². The number of nitrogens with zero attached hydrogens (tertiary/aromatic N) is 1. The molecule has 0 aromatic heterocycles. The van der Waals surface area contributed by atoms with E-state index in [0.29, 0.717) is 12.5 Å². The van der Waals surface area contributed by atoms with Crippen LogP contribution in [0.15, 0.2) is 0 Å². The molecule has 1 aliphatic carbocycles. The highest BCUT2D eigenvalue weighted by atomic mass is 16.6. The topological polar surface area (TPSA) is 66.8 Å². The molecule has 0 bridgehead atoms. The lowest BCUT2D eigenvalue weighted by atomic mass is 9.83. The summed E-state index contributed by atoms with van der Waals surface area (Å²) in [4.78, 5) is 25.1. The second-order valence-corrected chi connectivity index (χ2v) is 7.04.